The van der Waals surface area contributed by atoms with Gasteiger partial charge in [0.15, 0.2) is 0 Å². The Kier molecular flexibility index (Phi) is 7.11. The molecule has 1 aliphatic rings. The fourth-order valence-electron chi connectivity index (χ4n) is 4.67. The van der Waals surface area contributed by atoms with E-state index in [1.165, 1.54) is 5.56 Å². The van der Waals surface area contributed by atoms with Gasteiger partial charge in [-0.25, -0.2) is 9.67 Å². The molecule has 0 unspecified atom stereocenters. The van der Waals surface area contributed by atoms with Gasteiger partial charge in [-0.15, -0.1) is 0 Å². The van der Waals surface area contributed by atoms with Crippen molar-refractivity contribution in [3.8, 4) is 16.9 Å². The van der Waals surface area contributed by atoms with Crippen LogP contribution in [-0.2, 0) is 4.74 Å². The Bertz CT molecular complexity index is 1350. The van der Waals surface area contributed by atoms with Crippen molar-refractivity contribution in [2.75, 3.05) is 39.4 Å². The summed E-state index contributed by atoms with van der Waals surface area (Å²) in [6.07, 6.45) is 1.84. The lowest BCUT2D eigenvalue weighted by atomic mass is 10.0. The van der Waals surface area contributed by atoms with Crippen LogP contribution in [0.4, 0.5) is 0 Å². The molecule has 0 aliphatic carbocycles. The summed E-state index contributed by atoms with van der Waals surface area (Å²) in [5, 5.41) is 8.61. The zero-order valence-electron chi connectivity index (χ0n) is 21.2. The van der Waals surface area contributed by atoms with Crippen LogP contribution in [0.5, 0.6) is 0 Å². The van der Waals surface area contributed by atoms with Gasteiger partial charge in [-0.1, -0.05) is 44.2 Å². The van der Waals surface area contributed by atoms with Crippen LogP contribution in [0.1, 0.15) is 41.4 Å². The van der Waals surface area contributed by atoms with Crippen molar-refractivity contribution in [2.24, 2.45) is 0 Å². The van der Waals surface area contributed by atoms with E-state index in [4.69, 9.17) is 9.72 Å². The van der Waals surface area contributed by atoms with E-state index < -0.39 is 0 Å². The van der Waals surface area contributed by atoms with E-state index >= 15 is 0 Å². The molecule has 7 heteroatoms. The van der Waals surface area contributed by atoms with Gasteiger partial charge in [0.2, 0.25) is 0 Å². The van der Waals surface area contributed by atoms with Crippen LogP contribution < -0.4 is 5.32 Å². The van der Waals surface area contributed by atoms with Gasteiger partial charge >= 0.3 is 0 Å². The van der Waals surface area contributed by atoms with E-state index in [9.17, 15) is 4.79 Å². The third kappa shape index (κ3) is 5.03. The zero-order chi connectivity index (χ0) is 25.1. The minimum absolute atomic E-state index is 0.0857. The van der Waals surface area contributed by atoms with Gasteiger partial charge in [0, 0.05) is 37.1 Å². The summed E-state index contributed by atoms with van der Waals surface area (Å²) < 4.78 is 7.34. The Morgan fingerprint density at radius 1 is 1.08 bits per heavy atom. The third-order valence-electron chi connectivity index (χ3n) is 6.87. The number of morpholine rings is 1. The number of pyridine rings is 1. The molecule has 2 aromatic carbocycles. The largest absolute Gasteiger partial charge is 0.379 e. The van der Waals surface area contributed by atoms with Crippen LogP contribution in [0.3, 0.4) is 0 Å². The van der Waals surface area contributed by atoms with E-state index in [2.05, 4.69) is 53.4 Å². The smallest absolute Gasteiger partial charge is 0.252 e. The van der Waals surface area contributed by atoms with Gasteiger partial charge in [0.1, 0.15) is 0 Å². The highest BCUT2D eigenvalue weighted by Crippen LogP contribution is 2.28. The van der Waals surface area contributed by atoms with E-state index in [1.54, 1.807) is 0 Å². The molecule has 0 atom stereocenters. The second kappa shape index (κ2) is 10.6. The molecular weight excluding hydrogens is 450 g/mol. The molecule has 1 amide bonds. The number of ether oxygens (including phenoxy) is 1. The highest BCUT2D eigenvalue weighted by Gasteiger charge is 2.18. The number of aromatic nitrogens is 3. The molecule has 1 aliphatic heterocycles. The Hall–Kier alpha value is -3.55. The van der Waals surface area contributed by atoms with E-state index in [0.29, 0.717) is 18.0 Å². The maximum atomic E-state index is 13.3. The summed E-state index contributed by atoms with van der Waals surface area (Å²) in [6, 6.07) is 18.2. The Labute approximate surface area is 212 Å². The van der Waals surface area contributed by atoms with Gasteiger partial charge in [-0.05, 0) is 42.7 Å². The summed E-state index contributed by atoms with van der Waals surface area (Å²) in [6.45, 7) is 11.1. The number of hydrogen-bond donors (Lipinski definition) is 1. The average Bonchev–Trinajstić information content (AvgIpc) is 3.29. The van der Waals surface area contributed by atoms with Gasteiger partial charge in [-0.2, -0.15) is 5.10 Å². The van der Waals surface area contributed by atoms with Crippen LogP contribution in [0.15, 0.2) is 60.8 Å². The van der Waals surface area contributed by atoms with E-state index in [1.807, 2.05) is 48.1 Å². The summed E-state index contributed by atoms with van der Waals surface area (Å²) in [7, 11) is 0. The number of hydrogen-bond acceptors (Lipinski definition) is 5. The van der Waals surface area contributed by atoms with Crippen molar-refractivity contribution in [3.63, 3.8) is 0 Å². The molecule has 3 heterocycles. The molecule has 1 N–H and O–H groups in total. The highest BCUT2D eigenvalue weighted by molar-refractivity contribution is 6.07. The first-order chi connectivity index (χ1) is 17.5. The van der Waals surface area contributed by atoms with Gasteiger partial charge in [0.25, 0.3) is 5.91 Å². The number of rotatable bonds is 7. The summed E-state index contributed by atoms with van der Waals surface area (Å²) in [5.41, 5.74) is 6.36. The number of nitrogens with one attached hydrogen (secondary N) is 1. The summed E-state index contributed by atoms with van der Waals surface area (Å²) >= 11 is 0. The lowest BCUT2D eigenvalue weighted by Gasteiger charge is -2.26. The molecule has 0 saturated carbocycles. The zero-order valence-corrected chi connectivity index (χ0v) is 21.2. The molecule has 4 aromatic rings. The minimum atomic E-state index is -0.0857. The maximum absolute atomic E-state index is 13.3. The molecule has 1 fully saturated rings. The van der Waals surface area contributed by atoms with E-state index in [0.717, 1.165) is 66.4 Å². The molecule has 36 heavy (non-hydrogen) atoms. The molecule has 186 valence electrons. The molecule has 2 aromatic heterocycles. The second-order valence-electron chi connectivity index (χ2n) is 9.58. The SMILES string of the molecule is Cc1c(-c2cc(C(=O)NCCN3CCOCC3)c3ccccc3n2)cnn1-c1ccc(C(C)C)cc1. The van der Waals surface area contributed by atoms with Crippen molar-refractivity contribution in [1.29, 1.82) is 0 Å². The minimum Gasteiger partial charge on any atom is -0.379 e. The molecule has 7 nitrogen and oxygen atoms in total. The number of benzene rings is 2. The molecule has 0 bridgehead atoms. The lowest BCUT2D eigenvalue weighted by molar-refractivity contribution is 0.0383. The first kappa shape index (κ1) is 24.2. The molecule has 0 spiro atoms. The van der Waals surface area contributed by atoms with Crippen LogP contribution >= 0.6 is 0 Å². The Morgan fingerprint density at radius 2 is 1.83 bits per heavy atom. The number of nitrogens with zero attached hydrogens (tertiary/aromatic N) is 4. The van der Waals surface area contributed by atoms with Crippen molar-refractivity contribution in [1.82, 2.24) is 25.0 Å². The predicted molar refractivity (Wildman–Crippen MR) is 143 cm³/mol. The number of amides is 1. The van der Waals surface area contributed by atoms with Gasteiger partial charge in [-0.3, -0.25) is 9.69 Å². The monoisotopic (exact) mass is 483 g/mol. The molecule has 0 radical (unpaired) electrons. The third-order valence-corrected chi connectivity index (χ3v) is 6.87. The van der Waals surface area contributed by atoms with Crippen LogP contribution in [0, 0.1) is 6.92 Å². The van der Waals surface area contributed by atoms with Crippen LogP contribution in [-0.4, -0.2) is 65.0 Å². The number of fused-ring (bicyclic) bond motifs is 1. The fraction of sp³-hybridized carbons (Fsp3) is 0.345. The maximum Gasteiger partial charge on any atom is 0.252 e. The summed E-state index contributed by atoms with van der Waals surface area (Å²) in [4.78, 5) is 20.5. The number of para-hydroxylation sites is 1. The van der Waals surface area contributed by atoms with Crippen molar-refractivity contribution in [2.45, 2.75) is 26.7 Å². The second-order valence-corrected chi connectivity index (χ2v) is 9.58. The number of carbonyl (C=O) groups is 1. The van der Waals surface area contributed by atoms with E-state index in [-0.39, 0.29) is 5.91 Å². The van der Waals surface area contributed by atoms with Gasteiger partial charge < -0.3 is 10.1 Å². The van der Waals surface area contributed by atoms with Crippen molar-refractivity contribution in [3.05, 3.63) is 77.6 Å². The fourth-order valence-corrected chi connectivity index (χ4v) is 4.67. The Balaban J connectivity index is 1.43. The Morgan fingerprint density at radius 3 is 2.58 bits per heavy atom. The topological polar surface area (TPSA) is 72.3 Å². The average molecular weight is 484 g/mol. The first-order valence-corrected chi connectivity index (χ1v) is 12.6. The quantitative estimate of drug-likeness (QED) is 0.417. The highest BCUT2D eigenvalue weighted by atomic mass is 16.5. The lowest BCUT2D eigenvalue weighted by Crippen LogP contribution is -2.41. The first-order valence-electron chi connectivity index (χ1n) is 12.6. The normalized spacial score (nSPS) is 14.4. The van der Waals surface area contributed by atoms with Gasteiger partial charge in [0.05, 0.1) is 47.6 Å². The standard InChI is InChI=1S/C29H33N5O2/c1-20(2)22-8-10-23(11-9-22)34-21(3)26(19-31-34)28-18-25(24-6-4-5-7-27(24)32-28)29(35)30-12-13-33-14-16-36-17-15-33/h4-11,18-20H,12-17H2,1-3H3,(H,30,35). The van der Waals surface area contributed by atoms with Crippen molar-refractivity contribution < 1.29 is 9.53 Å². The molecular formula is C29H33N5O2. The molecule has 1 saturated heterocycles. The number of carbonyl (C=O) groups excluding carboxylic acids is 1. The van der Waals surface area contributed by atoms with Crippen LogP contribution in [0.2, 0.25) is 0 Å². The van der Waals surface area contributed by atoms with Crippen molar-refractivity contribution >= 4 is 16.8 Å². The summed E-state index contributed by atoms with van der Waals surface area (Å²) in [5.74, 6) is 0.394. The predicted octanol–water partition coefficient (Wildman–Crippen LogP) is 4.58. The molecule has 5 rings (SSSR count). The van der Waals surface area contributed by atoms with Crippen LogP contribution in [0.25, 0.3) is 27.8 Å².